The summed E-state index contributed by atoms with van der Waals surface area (Å²) < 4.78 is 0. The Kier molecular flexibility index (Phi) is 3.89. The Balaban J connectivity index is 1.50. The Morgan fingerprint density at radius 2 is 2.25 bits per heavy atom. The smallest absolute Gasteiger partial charge is 0.242 e. The number of aromatic amines is 1. The number of carbonyl (C=O) groups excluding carboxylic acids is 1. The predicted octanol–water partition coefficient (Wildman–Crippen LogP) is 2.04. The molecule has 1 amide bonds. The zero-order valence-corrected chi connectivity index (χ0v) is 14.2. The molecule has 1 aliphatic rings. The second-order valence-corrected chi connectivity index (χ2v) is 6.82. The number of rotatable bonds is 6. The molecule has 7 nitrogen and oxygen atoms in total. The zero-order valence-electron chi connectivity index (χ0n) is 13.3. The van der Waals surface area contributed by atoms with Gasteiger partial charge in [-0.3, -0.25) is 4.79 Å². The zero-order chi connectivity index (χ0) is 16.5. The molecule has 1 aliphatic carbocycles. The fourth-order valence-electron chi connectivity index (χ4n) is 2.80. The minimum Gasteiger partial charge on any atom is -0.348 e. The molecule has 124 valence electrons. The van der Waals surface area contributed by atoms with Gasteiger partial charge < -0.3 is 14.8 Å². The van der Waals surface area contributed by atoms with Crippen molar-refractivity contribution >= 4 is 34.2 Å². The number of nitrogens with zero attached hydrogens (tertiary/aromatic N) is 5. The third kappa shape index (κ3) is 2.96. The largest absolute Gasteiger partial charge is 0.348 e. The second kappa shape index (κ2) is 6.20. The molecule has 3 heterocycles. The van der Waals surface area contributed by atoms with Gasteiger partial charge in [-0.2, -0.15) is 11.3 Å². The van der Waals surface area contributed by atoms with Crippen molar-refractivity contribution in [2.75, 3.05) is 18.5 Å². The van der Waals surface area contributed by atoms with Crippen molar-refractivity contribution in [3.8, 4) is 0 Å². The van der Waals surface area contributed by atoms with Gasteiger partial charge in [0, 0.05) is 19.6 Å². The lowest BCUT2D eigenvalue weighted by Gasteiger charge is -2.26. The van der Waals surface area contributed by atoms with E-state index in [1.807, 2.05) is 22.2 Å². The molecule has 0 radical (unpaired) electrons. The van der Waals surface area contributed by atoms with Gasteiger partial charge in [-0.1, -0.05) is 0 Å². The van der Waals surface area contributed by atoms with Crippen LogP contribution in [0.5, 0.6) is 0 Å². The van der Waals surface area contributed by atoms with Crippen LogP contribution in [0.15, 0.2) is 29.5 Å². The quantitative estimate of drug-likeness (QED) is 0.742. The van der Waals surface area contributed by atoms with Gasteiger partial charge in [-0.25, -0.2) is 15.0 Å². The lowest BCUT2D eigenvalue weighted by atomic mass is 10.3. The summed E-state index contributed by atoms with van der Waals surface area (Å²) in [6.07, 6.45) is 5.25. The molecule has 24 heavy (non-hydrogen) atoms. The minimum atomic E-state index is 0.123. The van der Waals surface area contributed by atoms with E-state index in [9.17, 15) is 4.79 Å². The summed E-state index contributed by atoms with van der Waals surface area (Å²) in [7, 11) is 1.87. The summed E-state index contributed by atoms with van der Waals surface area (Å²) in [5.74, 6) is 0.814. The van der Waals surface area contributed by atoms with Gasteiger partial charge >= 0.3 is 0 Å². The number of amides is 1. The number of nitrogens with one attached hydrogen (secondary N) is 1. The van der Waals surface area contributed by atoms with Gasteiger partial charge in [0.25, 0.3) is 0 Å². The molecule has 1 saturated carbocycles. The van der Waals surface area contributed by atoms with Crippen LogP contribution in [-0.4, -0.2) is 50.4 Å². The highest BCUT2D eigenvalue weighted by molar-refractivity contribution is 7.07. The first-order valence-corrected chi connectivity index (χ1v) is 8.82. The summed E-state index contributed by atoms with van der Waals surface area (Å²) in [4.78, 5) is 32.3. The summed E-state index contributed by atoms with van der Waals surface area (Å²) >= 11 is 1.66. The molecule has 4 rings (SSSR count). The Bertz CT molecular complexity index is 841. The van der Waals surface area contributed by atoms with Crippen molar-refractivity contribution in [2.45, 2.75) is 25.4 Å². The van der Waals surface area contributed by atoms with Gasteiger partial charge in [-0.15, -0.1) is 0 Å². The maximum absolute atomic E-state index is 12.8. The Morgan fingerprint density at radius 1 is 1.38 bits per heavy atom. The molecule has 0 aromatic carbocycles. The predicted molar refractivity (Wildman–Crippen MR) is 92.8 cm³/mol. The Morgan fingerprint density at radius 3 is 3.00 bits per heavy atom. The molecule has 1 fully saturated rings. The van der Waals surface area contributed by atoms with Gasteiger partial charge in [0.2, 0.25) is 5.91 Å². The van der Waals surface area contributed by atoms with E-state index in [0.717, 1.165) is 18.4 Å². The number of likely N-dealkylation sites (N-methyl/N-ethyl adjacent to an activating group) is 1. The first-order valence-electron chi connectivity index (χ1n) is 7.88. The van der Waals surface area contributed by atoms with Crippen molar-refractivity contribution in [2.24, 2.45) is 0 Å². The number of anilines is 1. The molecule has 0 aliphatic heterocycles. The average Bonchev–Trinajstić information content (AvgIpc) is 3.09. The van der Waals surface area contributed by atoms with Gasteiger partial charge in [0.1, 0.15) is 11.8 Å². The van der Waals surface area contributed by atoms with Crippen molar-refractivity contribution in [1.29, 1.82) is 0 Å². The number of H-pyrrole nitrogens is 1. The number of aromatic nitrogens is 4. The summed E-state index contributed by atoms with van der Waals surface area (Å²) in [6, 6.07) is 2.46. The highest BCUT2D eigenvalue weighted by Gasteiger charge is 2.33. The molecular formula is C16H18N6OS. The highest BCUT2D eigenvalue weighted by Crippen LogP contribution is 2.29. The monoisotopic (exact) mass is 342 g/mol. The van der Waals surface area contributed by atoms with E-state index >= 15 is 0 Å². The van der Waals surface area contributed by atoms with Gasteiger partial charge in [0.15, 0.2) is 11.5 Å². The lowest BCUT2D eigenvalue weighted by molar-refractivity contribution is -0.130. The number of carbonyl (C=O) groups is 1. The standard InChI is InChI=1S/C16H18N6OS/c1-21(16-14-15(18-9-17-14)19-10-20-16)7-13(23)22(12-2-3-12)6-11-4-5-24-8-11/h4-5,8-10,12H,2-3,6-7H2,1H3,(H,17,18,19,20). The van der Waals surface area contributed by atoms with Crippen molar-refractivity contribution in [3.05, 3.63) is 35.0 Å². The number of hydrogen-bond acceptors (Lipinski definition) is 6. The topological polar surface area (TPSA) is 78.0 Å². The molecule has 0 atom stereocenters. The number of imidazole rings is 1. The lowest BCUT2D eigenvalue weighted by Crippen LogP contribution is -2.40. The van der Waals surface area contributed by atoms with Crippen LogP contribution in [0.1, 0.15) is 18.4 Å². The summed E-state index contributed by atoms with van der Waals surface area (Å²) in [5, 5.41) is 4.15. The van der Waals surface area contributed by atoms with Gasteiger partial charge in [-0.05, 0) is 35.2 Å². The molecule has 3 aromatic heterocycles. The third-order valence-electron chi connectivity index (χ3n) is 4.18. The molecule has 8 heteroatoms. The number of hydrogen-bond donors (Lipinski definition) is 1. The van der Waals surface area contributed by atoms with E-state index in [4.69, 9.17) is 0 Å². The van der Waals surface area contributed by atoms with Crippen LogP contribution in [0.2, 0.25) is 0 Å². The van der Waals surface area contributed by atoms with Crippen LogP contribution in [0.4, 0.5) is 5.82 Å². The van der Waals surface area contributed by atoms with Crippen LogP contribution in [0.25, 0.3) is 11.2 Å². The molecule has 1 N–H and O–H groups in total. The Hall–Kier alpha value is -2.48. The van der Waals surface area contributed by atoms with E-state index in [1.54, 1.807) is 17.7 Å². The van der Waals surface area contributed by atoms with E-state index in [-0.39, 0.29) is 12.5 Å². The Labute approximate surface area is 143 Å². The van der Waals surface area contributed by atoms with Crippen LogP contribution in [-0.2, 0) is 11.3 Å². The van der Waals surface area contributed by atoms with E-state index in [0.29, 0.717) is 24.1 Å². The fraction of sp³-hybridized carbons (Fsp3) is 0.375. The summed E-state index contributed by atoms with van der Waals surface area (Å²) in [6.45, 7) is 0.968. The number of thiophene rings is 1. The van der Waals surface area contributed by atoms with Crippen LogP contribution >= 0.6 is 11.3 Å². The van der Waals surface area contributed by atoms with Crippen molar-refractivity contribution < 1.29 is 4.79 Å². The van der Waals surface area contributed by atoms with Crippen LogP contribution in [0, 0.1) is 0 Å². The molecule has 0 bridgehead atoms. The molecule has 0 saturated heterocycles. The fourth-order valence-corrected chi connectivity index (χ4v) is 3.46. The summed E-state index contributed by atoms with van der Waals surface area (Å²) in [5.41, 5.74) is 2.56. The van der Waals surface area contributed by atoms with Crippen LogP contribution in [0.3, 0.4) is 0 Å². The molecule has 0 unspecified atom stereocenters. The van der Waals surface area contributed by atoms with Gasteiger partial charge in [0.05, 0.1) is 12.9 Å². The maximum Gasteiger partial charge on any atom is 0.242 e. The highest BCUT2D eigenvalue weighted by atomic mass is 32.1. The maximum atomic E-state index is 12.8. The first-order chi connectivity index (χ1) is 11.7. The third-order valence-corrected chi connectivity index (χ3v) is 4.91. The van der Waals surface area contributed by atoms with Crippen molar-refractivity contribution in [1.82, 2.24) is 24.8 Å². The van der Waals surface area contributed by atoms with E-state index in [1.165, 1.54) is 11.9 Å². The van der Waals surface area contributed by atoms with Crippen molar-refractivity contribution in [3.63, 3.8) is 0 Å². The second-order valence-electron chi connectivity index (χ2n) is 6.04. The first kappa shape index (κ1) is 15.1. The minimum absolute atomic E-state index is 0.123. The SMILES string of the molecule is CN(CC(=O)N(Cc1ccsc1)C1CC1)c1ncnc2nc[nH]c12. The average molecular weight is 342 g/mol. The van der Waals surface area contributed by atoms with E-state index in [2.05, 4.69) is 31.4 Å². The molecule has 0 spiro atoms. The normalized spacial score (nSPS) is 14.0. The molecular weight excluding hydrogens is 324 g/mol. The van der Waals surface area contributed by atoms with E-state index < -0.39 is 0 Å². The number of fused-ring (bicyclic) bond motifs is 1. The van der Waals surface area contributed by atoms with Crippen LogP contribution < -0.4 is 4.90 Å². The molecule has 3 aromatic rings.